The summed E-state index contributed by atoms with van der Waals surface area (Å²) in [7, 11) is 1.72. The number of aliphatic imine (C=N–C) groups is 1. The van der Waals surface area contributed by atoms with Crippen LogP contribution in [0, 0.1) is 0 Å². The Morgan fingerprint density at radius 1 is 1.29 bits per heavy atom. The summed E-state index contributed by atoms with van der Waals surface area (Å²) in [5.41, 5.74) is 0.112. The molecular weight excluding hydrogens is 315 g/mol. The molecule has 1 aliphatic carbocycles. The highest BCUT2D eigenvalue weighted by Gasteiger charge is 2.30. The second kappa shape index (κ2) is 8.22. The molecule has 0 heterocycles. The summed E-state index contributed by atoms with van der Waals surface area (Å²) < 4.78 is 38.4. The number of hydrogen-bond donors (Lipinski definition) is 2. The van der Waals surface area contributed by atoms with E-state index in [1.54, 1.807) is 13.1 Å². The molecule has 132 valence electrons. The number of hydrogen-bond acceptors (Lipinski definition) is 1. The summed E-state index contributed by atoms with van der Waals surface area (Å²) in [6, 6.07) is 5.93. The van der Waals surface area contributed by atoms with Gasteiger partial charge in [-0.2, -0.15) is 13.2 Å². The van der Waals surface area contributed by atoms with Gasteiger partial charge in [0.25, 0.3) is 0 Å². The van der Waals surface area contributed by atoms with Gasteiger partial charge in [0, 0.05) is 19.6 Å². The van der Waals surface area contributed by atoms with Crippen molar-refractivity contribution in [1.29, 1.82) is 0 Å². The van der Waals surface area contributed by atoms with E-state index in [1.165, 1.54) is 12.1 Å². The first-order valence-electron chi connectivity index (χ1n) is 8.19. The maximum Gasteiger partial charge on any atom is 0.416 e. The lowest BCUT2D eigenvalue weighted by Gasteiger charge is -2.19. The first-order valence-corrected chi connectivity index (χ1v) is 8.19. The highest BCUT2D eigenvalue weighted by molar-refractivity contribution is 5.80. The van der Waals surface area contributed by atoms with Gasteiger partial charge in [-0.05, 0) is 36.8 Å². The highest BCUT2D eigenvalue weighted by atomic mass is 19.4. The van der Waals surface area contributed by atoms with Crippen LogP contribution in [0.1, 0.15) is 43.2 Å². The molecule has 3 nitrogen and oxygen atoms in total. The first kappa shape index (κ1) is 18.4. The van der Waals surface area contributed by atoms with Crippen LogP contribution < -0.4 is 10.6 Å². The molecule has 24 heavy (non-hydrogen) atoms. The monoisotopic (exact) mass is 339 g/mol. The Kier molecular flexibility index (Phi) is 6.29. The van der Waals surface area contributed by atoms with Gasteiger partial charge in [0.2, 0.25) is 0 Å². The van der Waals surface area contributed by atoms with Crippen LogP contribution in [0.15, 0.2) is 41.4 Å². The van der Waals surface area contributed by atoms with Gasteiger partial charge < -0.3 is 10.6 Å². The molecule has 0 fully saturated rings. The lowest BCUT2D eigenvalue weighted by molar-refractivity contribution is -0.137. The third-order valence-corrected chi connectivity index (χ3v) is 4.23. The second-order valence-electron chi connectivity index (χ2n) is 6.10. The number of alkyl halides is 3. The zero-order valence-corrected chi connectivity index (χ0v) is 14.0. The average molecular weight is 339 g/mol. The smallest absolute Gasteiger partial charge is 0.356 e. The minimum absolute atomic E-state index is 0.0334. The topological polar surface area (TPSA) is 36.4 Å². The molecule has 1 atom stereocenters. The second-order valence-corrected chi connectivity index (χ2v) is 6.10. The van der Waals surface area contributed by atoms with Crippen molar-refractivity contribution in [2.24, 2.45) is 4.99 Å². The number of rotatable bonds is 5. The van der Waals surface area contributed by atoms with E-state index in [9.17, 15) is 13.2 Å². The molecular formula is C18H24F3N3. The van der Waals surface area contributed by atoms with Crippen LogP contribution in [0.25, 0.3) is 0 Å². The normalized spacial score (nSPS) is 17.1. The van der Waals surface area contributed by atoms with E-state index < -0.39 is 11.7 Å². The molecule has 0 bridgehead atoms. The van der Waals surface area contributed by atoms with E-state index in [-0.39, 0.29) is 5.92 Å². The molecule has 1 aromatic carbocycles. The summed E-state index contributed by atoms with van der Waals surface area (Å²) >= 11 is 0. The predicted octanol–water partition coefficient (Wildman–Crippen LogP) is 4.08. The summed E-state index contributed by atoms with van der Waals surface area (Å²) in [4.78, 5) is 4.19. The Hall–Kier alpha value is -1.98. The molecule has 0 radical (unpaired) electrons. The summed E-state index contributed by atoms with van der Waals surface area (Å²) in [5.74, 6) is 0.769. The molecule has 0 aliphatic heterocycles. The van der Waals surface area contributed by atoms with Crippen molar-refractivity contribution in [3.63, 3.8) is 0 Å². The van der Waals surface area contributed by atoms with Gasteiger partial charge in [-0.1, -0.05) is 37.3 Å². The molecule has 0 saturated heterocycles. The minimum Gasteiger partial charge on any atom is -0.356 e. The Morgan fingerprint density at radius 2 is 2.00 bits per heavy atom. The van der Waals surface area contributed by atoms with Gasteiger partial charge in [-0.15, -0.1) is 0 Å². The molecule has 1 aliphatic rings. The van der Waals surface area contributed by atoms with E-state index >= 15 is 0 Å². The number of halogens is 3. The van der Waals surface area contributed by atoms with Crippen molar-refractivity contribution >= 4 is 5.96 Å². The van der Waals surface area contributed by atoms with Crippen molar-refractivity contribution in [2.45, 2.75) is 44.3 Å². The average Bonchev–Trinajstić information content (AvgIpc) is 3.06. The van der Waals surface area contributed by atoms with Gasteiger partial charge in [-0.25, -0.2) is 0 Å². The van der Waals surface area contributed by atoms with Crippen molar-refractivity contribution in [3.8, 4) is 0 Å². The molecule has 0 saturated carbocycles. The van der Waals surface area contributed by atoms with E-state index in [1.807, 2.05) is 6.92 Å². The third kappa shape index (κ3) is 5.28. The maximum atomic E-state index is 12.8. The molecule has 0 aromatic heterocycles. The highest BCUT2D eigenvalue weighted by Crippen LogP contribution is 2.31. The fourth-order valence-corrected chi connectivity index (χ4v) is 2.72. The molecule has 0 spiro atoms. The molecule has 2 rings (SSSR count). The third-order valence-electron chi connectivity index (χ3n) is 4.23. The standard InChI is InChI=1S/C18H24F3N3/c1-13(14-6-5-7-15(12-14)18(19,20)21)10-11-23-17(22-2)24-16-8-3-4-9-16/h3-7,12-13,16H,8-11H2,1-2H3,(H2,22,23,24). The molecule has 1 aromatic rings. The zero-order valence-electron chi connectivity index (χ0n) is 14.0. The van der Waals surface area contributed by atoms with E-state index in [4.69, 9.17) is 0 Å². The Morgan fingerprint density at radius 3 is 2.62 bits per heavy atom. The van der Waals surface area contributed by atoms with Crippen molar-refractivity contribution in [1.82, 2.24) is 10.6 Å². The minimum atomic E-state index is -4.30. The maximum absolute atomic E-state index is 12.8. The number of nitrogens with zero attached hydrogens (tertiary/aromatic N) is 1. The van der Waals surface area contributed by atoms with Crippen LogP contribution in [0.3, 0.4) is 0 Å². The SMILES string of the molecule is CN=C(NCCC(C)c1cccc(C(F)(F)F)c1)NC1CC=CC1. The lowest BCUT2D eigenvalue weighted by Crippen LogP contribution is -2.42. The van der Waals surface area contributed by atoms with Crippen LogP contribution in [0.5, 0.6) is 0 Å². The van der Waals surface area contributed by atoms with E-state index in [0.29, 0.717) is 18.2 Å². The molecule has 2 N–H and O–H groups in total. The molecule has 1 unspecified atom stereocenters. The summed E-state index contributed by atoms with van der Waals surface area (Å²) in [6.45, 7) is 2.59. The number of benzene rings is 1. The fourth-order valence-electron chi connectivity index (χ4n) is 2.72. The van der Waals surface area contributed by atoms with Crippen LogP contribution >= 0.6 is 0 Å². The van der Waals surface area contributed by atoms with Gasteiger partial charge in [0.15, 0.2) is 5.96 Å². The quantitative estimate of drug-likeness (QED) is 0.482. The van der Waals surface area contributed by atoms with Gasteiger partial charge >= 0.3 is 6.18 Å². The van der Waals surface area contributed by atoms with Crippen LogP contribution in [-0.4, -0.2) is 25.6 Å². The zero-order chi connectivity index (χ0) is 17.6. The van der Waals surface area contributed by atoms with E-state index in [2.05, 4.69) is 27.8 Å². The van der Waals surface area contributed by atoms with Gasteiger partial charge in [-0.3, -0.25) is 4.99 Å². The fraction of sp³-hybridized carbons (Fsp3) is 0.500. The molecule has 0 amide bonds. The van der Waals surface area contributed by atoms with Crippen LogP contribution in [0.2, 0.25) is 0 Å². The Bertz CT molecular complexity index is 585. The van der Waals surface area contributed by atoms with Crippen molar-refractivity contribution in [3.05, 3.63) is 47.5 Å². The van der Waals surface area contributed by atoms with Crippen LogP contribution in [0.4, 0.5) is 13.2 Å². The Balaban J connectivity index is 1.83. The molecule has 6 heteroatoms. The van der Waals surface area contributed by atoms with Gasteiger partial charge in [0.05, 0.1) is 5.56 Å². The van der Waals surface area contributed by atoms with Crippen molar-refractivity contribution < 1.29 is 13.2 Å². The van der Waals surface area contributed by atoms with Gasteiger partial charge in [0.1, 0.15) is 0 Å². The lowest BCUT2D eigenvalue weighted by atomic mass is 9.96. The number of guanidine groups is 1. The predicted molar refractivity (Wildman–Crippen MR) is 91.1 cm³/mol. The Labute approximate surface area is 141 Å². The number of nitrogens with one attached hydrogen (secondary N) is 2. The summed E-state index contributed by atoms with van der Waals surface area (Å²) in [5, 5.41) is 6.57. The first-order chi connectivity index (χ1) is 11.4. The summed E-state index contributed by atoms with van der Waals surface area (Å²) in [6.07, 6.45) is 2.68. The van der Waals surface area contributed by atoms with Crippen LogP contribution in [-0.2, 0) is 6.18 Å². The van der Waals surface area contributed by atoms with Crippen molar-refractivity contribution in [2.75, 3.05) is 13.6 Å². The van der Waals surface area contributed by atoms with E-state index in [0.717, 1.165) is 31.3 Å². The largest absolute Gasteiger partial charge is 0.416 e.